The standard InChI is InChI=1S/C11H23NO/c1-10(2,3)12-8-7-9(13-6)11(12,4)5/h9H,7-8H2,1-6H3/t9-/m0/s1. The van der Waals surface area contributed by atoms with Gasteiger partial charge in [0.1, 0.15) is 0 Å². The quantitative estimate of drug-likeness (QED) is 0.621. The van der Waals surface area contributed by atoms with E-state index >= 15 is 0 Å². The third-order valence-corrected chi connectivity index (χ3v) is 3.19. The number of hydrogen-bond acceptors (Lipinski definition) is 2. The maximum absolute atomic E-state index is 5.51. The summed E-state index contributed by atoms with van der Waals surface area (Å²) in [5, 5.41) is 0. The zero-order valence-electron chi connectivity index (χ0n) is 9.85. The number of ether oxygens (including phenoxy) is 1. The molecule has 0 aliphatic carbocycles. The van der Waals surface area contributed by atoms with Crippen molar-refractivity contribution >= 4 is 0 Å². The van der Waals surface area contributed by atoms with Gasteiger partial charge < -0.3 is 4.74 Å². The number of hydrogen-bond donors (Lipinski definition) is 0. The van der Waals surface area contributed by atoms with Crippen molar-refractivity contribution in [2.24, 2.45) is 0 Å². The molecule has 0 unspecified atom stereocenters. The fraction of sp³-hybridized carbons (Fsp3) is 1.00. The van der Waals surface area contributed by atoms with E-state index in [1.54, 1.807) is 0 Å². The van der Waals surface area contributed by atoms with E-state index < -0.39 is 0 Å². The zero-order valence-corrected chi connectivity index (χ0v) is 9.85. The maximum atomic E-state index is 5.51. The predicted molar refractivity (Wildman–Crippen MR) is 56.0 cm³/mol. The summed E-state index contributed by atoms with van der Waals surface area (Å²) in [7, 11) is 1.82. The van der Waals surface area contributed by atoms with Gasteiger partial charge in [-0.15, -0.1) is 0 Å². The Morgan fingerprint density at radius 1 is 1.31 bits per heavy atom. The SMILES string of the molecule is CO[C@H]1CCN(C(C)(C)C)C1(C)C. The van der Waals surface area contributed by atoms with Crippen LogP contribution in [0.3, 0.4) is 0 Å². The van der Waals surface area contributed by atoms with Crippen LogP contribution in [0.5, 0.6) is 0 Å². The molecule has 1 aliphatic rings. The van der Waals surface area contributed by atoms with Crippen molar-refractivity contribution in [1.29, 1.82) is 0 Å². The highest BCUT2D eigenvalue weighted by Crippen LogP contribution is 2.36. The molecule has 1 saturated heterocycles. The summed E-state index contributed by atoms with van der Waals surface area (Å²) < 4.78 is 5.51. The second-order valence-corrected chi connectivity index (χ2v) is 5.49. The zero-order chi connectivity index (χ0) is 10.3. The first kappa shape index (κ1) is 11.0. The Kier molecular flexibility index (Phi) is 2.75. The van der Waals surface area contributed by atoms with Gasteiger partial charge in [0.2, 0.25) is 0 Å². The van der Waals surface area contributed by atoms with E-state index in [-0.39, 0.29) is 11.1 Å². The van der Waals surface area contributed by atoms with Crippen LogP contribution in [0.4, 0.5) is 0 Å². The topological polar surface area (TPSA) is 12.5 Å². The van der Waals surface area contributed by atoms with E-state index in [1.807, 2.05) is 7.11 Å². The summed E-state index contributed by atoms with van der Waals surface area (Å²) in [5.41, 5.74) is 0.420. The van der Waals surface area contributed by atoms with Crippen LogP contribution >= 0.6 is 0 Å². The van der Waals surface area contributed by atoms with Gasteiger partial charge >= 0.3 is 0 Å². The summed E-state index contributed by atoms with van der Waals surface area (Å²) in [5.74, 6) is 0. The molecule has 0 spiro atoms. The molecular formula is C11H23NO. The van der Waals surface area contributed by atoms with E-state index in [4.69, 9.17) is 4.74 Å². The largest absolute Gasteiger partial charge is 0.380 e. The van der Waals surface area contributed by atoms with E-state index in [1.165, 1.54) is 0 Å². The first-order valence-electron chi connectivity index (χ1n) is 5.10. The Morgan fingerprint density at radius 2 is 1.85 bits per heavy atom. The lowest BCUT2D eigenvalue weighted by atomic mass is 9.94. The molecule has 0 aromatic heterocycles. The van der Waals surface area contributed by atoms with Crippen molar-refractivity contribution in [2.45, 2.75) is 58.2 Å². The molecule has 1 aliphatic heterocycles. The van der Waals surface area contributed by atoms with Crippen molar-refractivity contribution in [3.05, 3.63) is 0 Å². The van der Waals surface area contributed by atoms with Crippen LogP contribution in [0.25, 0.3) is 0 Å². The van der Waals surface area contributed by atoms with Gasteiger partial charge in [-0.1, -0.05) is 0 Å². The van der Waals surface area contributed by atoms with Crippen molar-refractivity contribution in [2.75, 3.05) is 13.7 Å². The van der Waals surface area contributed by atoms with Gasteiger partial charge in [0.25, 0.3) is 0 Å². The molecule has 2 heteroatoms. The third kappa shape index (κ3) is 1.89. The monoisotopic (exact) mass is 185 g/mol. The third-order valence-electron chi connectivity index (χ3n) is 3.19. The van der Waals surface area contributed by atoms with E-state index in [0.29, 0.717) is 6.10 Å². The molecule has 2 nitrogen and oxygen atoms in total. The highest BCUT2D eigenvalue weighted by Gasteiger charge is 2.45. The van der Waals surface area contributed by atoms with Gasteiger partial charge in [-0.25, -0.2) is 0 Å². The molecule has 0 radical (unpaired) electrons. The normalized spacial score (nSPS) is 29.5. The van der Waals surface area contributed by atoms with Crippen LogP contribution in [-0.2, 0) is 4.74 Å². The summed E-state index contributed by atoms with van der Waals surface area (Å²) >= 11 is 0. The van der Waals surface area contributed by atoms with E-state index in [9.17, 15) is 0 Å². The Hall–Kier alpha value is -0.0800. The van der Waals surface area contributed by atoms with Gasteiger partial charge in [0.05, 0.1) is 6.10 Å². The second kappa shape index (κ2) is 3.25. The van der Waals surface area contributed by atoms with Crippen LogP contribution in [0, 0.1) is 0 Å². The molecule has 1 rings (SSSR count). The van der Waals surface area contributed by atoms with E-state index in [0.717, 1.165) is 13.0 Å². The minimum Gasteiger partial charge on any atom is -0.380 e. The Morgan fingerprint density at radius 3 is 2.08 bits per heavy atom. The molecule has 13 heavy (non-hydrogen) atoms. The first-order valence-corrected chi connectivity index (χ1v) is 5.10. The molecule has 0 N–H and O–H groups in total. The van der Waals surface area contributed by atoms with Gasteiger partial charge in [0, 0.05) is 24.7 Å². The van der Waals surface area contributed by atoms with E-state index in [2.05, 4.69) is 39.5 Å². The molecule has 0 amide bonds. The maximum Gasteiger partial charge on any atom is 0.0761 e. The number of likely N-dealkylation sites (tertiary alicyclic amines) is 1. The van der Waals surface area contributed by atoms with Crippen LogP contribution in [0.2, 0.25) is 0 Å². The van der Waals surface area contributed by atoms with Gasteiger partial charge in [0.15, 0.2) is 0 Å². The summed E-state index contributed by atoms with van der Waals surface area (Å²) in [6.07, 6.45) is 1.53. The average molecular weight is 185 g/mol. The van der Waals surface area contributed by atoms with Crippen LogP contribution in [0.15, 0.2) is 0 Å². The lowest BCUT2D eigenvalue weighted by molar-refractivity contribution is -0.0156. The minimum absolute atomic E-state index is 0.174. The second-order valence-electron chi connectivity index (χ2n) is 5.49. The smallest absolute Gasteiger partial charge is 0.0761 e. The Bertz CT molecular complexity index is 181. The first-order chi connectivity index (χ1) is 5.80. The minimum atomic E-state index is 0.174. The van der Waals surface area contributed by atoms with Crippen LogP contribution in [0.1, 0.15) is 41.0 Å². The van der Waals surface area contributed by atoms with Gasteiger partial charge in [-0.05, 0) is 41.0 Å². The fourth-order valence-electron chi connectivity index (χ4n) is 2.67. The van der Waals surface area contributed by atoms with Crippen molar-refractivity contribution in [1.82, 2.24) is 4.90 Å². The lowest BCUT2D eigenvalue weighted by Gasteiger charge is -2.43. The highest BCUT2D eigenvalue weighted by atomic mass is 16.5. The lowest BCUT2D eigenvalue weighted by Crippen LogP contribution is -2.54. The van der Waals surface area contributed by atoms with Crippen molar-refractivity contribution in [3.8, 4) is 0 Å². The molecular weight excluding hydrogens is 162 g/mol. The molecule has 0 bridgehead atoms. The highest BCUT2D eigenvalue weighted by molar-refractivity contribution is 5.01. The van der Waals surface area contributed by atoms with Gasteiger partial charge in [-0.3, -0.25) is 4.90 Å². The number of methoxy groups -OCH3 is 1. The molecule has 1 heterocycles. The average Bonchev–Trinajstić information content (AvgIpc) is 2.22. The predicted octanol–water partition coefficient (Wildman–Crippen LogP) is 2.28. The molecule has 0 saturated carbocycles. The van der Waals surface area contributed by atoms with Crippen LogP contribution < -0.4 is 0 Å². The Labute approximate surface area is 82.3 Å². The number of rotatable bonds is 1. The van der Waals surface area contributed by atoms with Crippen LogP contribution in [-0.4, -0.2) is 35.7 Å². The molecule has 1 atom stereocenters. The number of nitrogens with zero attached hydrogens (tertiary/aromatic N) is 1. The Balaban J connectivity index is 2.81. The fourth-order valence-corrected chi connectivity index (χ4v) is 2.67. The molecule has 0 aromatic rings. The summed E-state index contributed by atoms with van der Waals surface area (Å²) in [6, 6.07) is 0. The molecule has 1 fully saturated rings. The van der Waals surface area contributed by atoms with Crippen molar-refractivity contribution < 1.29 is 4.74 Å². The van der Waals surface area contributed by atoms with Gasteiger partial charge in [-0.2, -0.15) is 0 Å². The summed E-state index contributed by atoms with van der Waals surface area (Å²) in [4.78, 5) is 2.54. The molecule has 78 valence electrons. The van der Waals surface area contributed by atoms with Crippen molar-refractivity contribution in [3.63, 3.8) is 0 Å². The summed E-state index contributed by atoms with van der Waals surface area (Å²) in [6.45, 7) is 12.5. The molecule has 0 aromatic carbocycles.